The maximum atomic E-state index is 4.55. The molecule has 2 heterocycles. The van der Waals surface area contributed by atoms with Crippen LogP contribution in [0.25, 0.3) is 11.3 Å². The van der Waals surface area contributed by atoms with Crippen LogP contribution in [0.5, 0.6) is 0 Å². The summed E-state index contributed by atoms with van der Waals surface area (Å²) in [5.74, 6) is 2.14. The molecule has 4 heteroatoms. The normalized spacial score (nSPS) is 15.3. The zero-order chi connectivity index (χ0) is 21.5. The van der Waals surface area contributed by atoms with Gasteiger partial charge in [-0.1, -0.05) is 74.5 Å². The zero-order valence-corrected chi connectivity index (χ0v) is 18.8. The highest BCUT2D eigenvalue weighted by Gasteiger charge is 2.19. The Morgan fingerprint density at radius 2 is 1.61 bits per heavy atom. The molecule has 31 heavy (non-hydrogen) atoms. The summed E-state index contributed by atoms with van der Waals surface area (Å²) in [6, 6.07) is 23.3. The molecule has 162 valence electrons. The molecule has 0 bridgehead atoms. The quantitative estimate of drug-likeness (QED) is 0.492. The number of aromatic nitrogens is 2. The van der Waals surface area contributed by atoms with Crippen molar-refractivity contribution >= 4 is 5.82 Å². The Balaban J connectivity index is 1.28. The van der Waals surface area contributed by atoms with E-state index in [1.165, 1.54) is 43.5 Å². The molecule has 4 rings (SSSR count). The molecule has 1 aliphatic heterocycles. The first kappa shape index (κ1) is 21.5. The lowest BCUT2D eigenvalue weighted by Gasteiger charge is -2.32. The van der Waals surface area contributed by atoms with E-state index in [0.717, 1.165) is 36.1 Å². The van der Waals surface area contributed by atoms with Crippen LogP contribution in [-0.2, 0) is 6.54 Å². The predicted molar refractivity (Wildman–Crippen MR) is 129 cm³/mol. The van der Waals surface area contributed by atoms with E-state index in [-0.39, 0.29) is 0 Å². The number of hydrogen-bond donors (Lipinski definition) is 1. The molecule has 0 amide bonds. The molecule has 1 saturated heterocycles. The third kappa shape index (κ3) is 5.92. The number of piperidine rings is 1. The minimum absolute atomic E-state index is 0.404. The summed E-state index contributed by atoms with van der Waals surface area (Å²) in [5, 5.41) is 12.6. The first-order valence-electron chi connectivity index (χ1n) is 11.6. The van der Waals surface area contributed by atoms with Gasteiger partial charge in [-0.3, -0.25) is 4.90 Å². The second kappa shape index (κ2) is 10.5. The van der Waals surface area contributed by atoms with Crippen molar-refractivity contribution in [1.29, 1.82) is 0 Å². The first-order chi connectivity index (χ1) is 15.2. The van der Waals surface area contributed by atoms with Crippen molar-refractivity contribution in [2.24, 2.45) is 5.92 Å². The maximum absolute atomic E-state index is 4.55. The molecule has 1 aromatic heterocycles. The van der Waals surface area contributed by atoms with Crippen LogP contribution in [0, 0.1) is 5.92 Å². The predicted octanol–water partition coefficient (Wildman–Crippen LogP) is 5.98. The van der Waals surface area contributed by atoms with Crippen molar-refractivity contribution in [3.05, 3.63) is 77.9 Å². The molecule has 4 nitrogen and oxygen atoms in total. The van der Waals surface area contributed by atoms with Gasteiger partial charge in [-0.15, -0.1) is 10.2 Å². The minimum Gasteiger partial charge on any atom is -0.368 e. The van der Waals surface area contributed by atoms with E-state index in [4.69, 9.17) is 0 Å². The van der Waals surface area contributed by atoms with Crippen molar-refractivity contribution in [1.82, 2.24) is 15.1 Å². The first-order valence-corrected chi connectivity index (χ1v) is 11.6. The van der Waals surface area contributed by atoms with Crippen LogP contribution in [0.1, 0.15) is 50.2 Å². The average molecular weight is 415 g/mol. The van der Waals surface area contributed by atoms with E-state index in [0.29, 0.717) is 5.92 Å². The third-order valence-electron chi connectivity index (χ3n) is 6.32. The van der Waals surface area contributed by atoms with E-state index in [2.05, 4.69) is 82.8 Å². The van der Waals surface area contributed by atoms with Gasteiger partial charge in [0.05, 0.1) is 5.69 Å². The summed E-state index contributed by atoms with van der Waals surface area (Å²) in [6.45, 7) is 8.87. The molecule has 1 N–H and O–H groups in total. The van der Waals surface area contributed by atoms with Gasteiger partial charge in [0.25, 0.3) is 0 Å². The van der Waals surface area contributed by atoms with E-state index in [1.807, 2.05) is 18.2 Å². The Labute approximate surface area is 186 Å². The molecule has 2 aromatic carbocycles. The lowest BCUT2D eigenvalue weighted by atomic mass is 9.93. The largest absolute Gasteiger partial charge is 0.368 e. The molecule has 1 aliphatic rings. The number of rotatable bonds is 8. The van der Waals surface area contributed by atoms with Crippen LogP contribution in [0.3, 0.4) is 0 Å². The molecule has 0 unspecified atom stereocenters. The van der Waals surface area contributed by atoms with Gasteiger partial charge in [0.15, 0.2) is 5.82 Å². The molecular weight excluding hydrogens is 380 g/mol. The molecule has 3 aromatic rings. The molecule has 0 radical (unpaired) electrons. The Bertz CT molecular complexity index is 932. The van der Waals surface area contributed by atoms with Gasteiger partial charge in [0.2, 0.25) is 0 Å². The number of likely N-dealkylation sites (tertiary alicyclic amines) is 1. The van der Waals surface area contributed by atoms with E-state index in [1.54, 1.807) is 0 Å². The van der Waals surface area contributed by atoms with Crippen molar-refractivity contribution in [3.8, 4) is 11.3 Å². The second-order valence-corrected chi connectivity index (χ2v) is 8.97. The van der Waals surface area contributed by atoms with E-state index in [9.17, 15) is 0 Å². The van der Waals surface area contributed by atoms with Crippen molar-refractivity contribution in [3.63, 3.8) is 0 Å². The zero-order valence-electron chi connectivity index (χ0n) is 18.8. The summed E-state index contributed by atoms with van der Waals surface area (Å²) in [7, 11) is 0. The number of hydrogen-bond acceptors (Lipinski definition) is 4. The average Bonchev–Trinajstić information content (AvgIpc) is 2.81. The van der Waals surface area contributed by atoms with Gasteiger partial charge in [-0.25, -0.2) is 0 Å². The van der Waals surface area contributed by atoms with Crippen LogP contribution in [0.4, 0.5) is 5.82 Å². The van der Waals surface area contributed by atoms with Crippen LogP contribution < -0.4 is 5.32 Å². The summed E-state index contributed by atoms with van der Waals surface area (Å²) >= 11 is 0. The van der Waals surface area contributed by atoms with Crippen LogP contribution in [0.2, 0.25) is 0 Å². The van der Waals surface area contributed by atoms with Gasteiger partial charge in [0, 0.05) is 24.2 Å². The van der Waals surface area contributed by atoms with Gasteiger partial charge in [-0.2, -0.15) is 0 Å². The Hall–Kier alpha value is -2.72. The van der Waals surface area contributed by atoms with Crippen molar-refractivity contribution in [2.75, 3.05) is 25.0 Å². The number of benzene rings is 2. The fourth-order valence-corrected chi connectivity index (χ4v) is 4.40. The lowest BCUT2D eigenvalue weighted by molar-refractivity contribution is 0.174. The van der Waals surface area contributed by atoms with Crippen LogP contribution in [-0.4, -0.2) is 34.7 Å². The van der Waals surface area contributed by atoms with Gasteiger partial charge in [-0.05, 0) is 55.8 Å². The van der Waals surface area contributed by atoms with Gasteiger partial charge in [0.1, 0.15) is 0 Å². The van der Waals surface area contributed by atoms with Crippen molar-refractivity contribution in [2.45, 2.75) is 45.6 Å². The fourth-order valence-electron chi connectivity index (χ4n) is 4.40. The Morgan fingerprint density at radius 3 is 2.29 bits per heavy atom. The van der Waals surface area contributed by atoms with Crippen LogP contribution in [0.15, 0.2) is 66.7 Å². The van der Waals surface area contributed by atoms with Crippen molar-refractivity contribution < 1.29 is 0 Å². The highest BCUT2D eigenvalue weighted by Crippen LogP contribution is 2.27. The SMILES string of the molecule is CC(C)c1cc(-c2ccccc2)nnc1NCCC1CCN(Cc2ccccc2)CC1. The molecular formula is C27H34N4. The maximum Gasteiger partial charge on any atom is 0.152 e. The summed E-state index contributed by atoms with van der Waals surface area (Å²) in [6.07, 6.45) is 3.76. The number of nitrogens with zero attached hydrogens (tertiary/aromatic N) is 3. The Kier molecular flexibility index (Phi) is 7.31. The Morgan fingerprint density at radius 1 is 0.935 bits per heavy atom. The topological polar surface area (TPSA) is 41.1 Å². The summed E-state index contributed by atoms with van der Waals surface area (Å²) < 4.78 is 0. The monoisotopic (exact) mass is 414 g/mol. The molecule has 0 spiro atoms. The van der Waals surface area contributed by atoms with Crippen LogP contribution >= 0.6 is 0 Å². The molecule has 0 saturated carbocycles. The number of anilines is 1. The summed E-state index contributed by atoms with van der Waals surface area (Å²) in [4.78, 5) is 2.59. The molecule has 1 fully saturated rings. The minimum atomic E-state index is 0.404. The van der Waals surface area contributed by atoms with Gasteiger partial charge >= 0.3 is 0 Å². The molecule has 0 aliphatic carbocycles. The van der Waals surface area contributed by atoms with E-state index < -0.39 is 0 Å². The van der Waals surface area contributed by atoms with E-state index >= 15 is 0 Å². The number of nitrogens with one attached hydrogen (secondary N) is 1. The second-order valence-electron chi connectivity index (χ2n) is 8.97. The fraction of sp³-hybridized carbons (Fsp3) is 0.407. The smallest absolute Gasteiger partial charge is 0.152 e. The highest BCUT2D eigenvalue weighted by molar-refractivity contribution is 5.62. The highest BCUT2D eigenvalue weighted by atomic mass is 15.2. The summed E-state index contributed by atoms with van der Waals surface area (Å²) in [5.41, 5.74) is 4.72. The third-order valence-corrected chi connectivity index (χ3v) is 6.32. The molecule has 0 atom stereocenters. The lowest BCUT2D eigenvalue weighted by Crippen LogP contribution is -2.33. The van der Waals surface area contributed by atoms with Gasteiger partial charge < -0.3 is 5.32 Å². The standard InChI is InChI=1S/C27H34N4/c1-21(2)25-19-26(24-11-7-4-8-12-24)29-30-27(25)28-16-13-22-14-17-31(18-15-22)20-23-9-5-3-6-10-23/h3-12,19,21-22H,13-18,20H2,1-2H3,(H,28,30).